The third kappa shape index (κ3) is 4.42. The number of sulfonamides is 1. The van der Waals surface area contributed by atoms with E-state index in [9.17, 15) is 8.42 Å². The van der Waals surface area contributed by atoms with Gasteiger partial charge in [-0.05, 0) is 17.7 Å². The van der Waals surface area contributed by atoms with Gasteiger partial charge in [-0.15, -0.1) is 0 Å². The van der Waals surface area contributed by atoms with Gasteiger partial charge in [-0.25, -0.2) is 8.42 Å². The standard InChI is InChI=1S/C22H19N3O3S/c26-29(27,20-14-8-3-9-15-20)25(16-18-10-4-1-5-11-18)17-21-23-22(24-28-21)19-12-6-2-7-13-19/h1-15H,16-17H2. The lowest BCUT2D eigenvalue weighted by Gasteiger charge is -2.20. The molecular formula is C22H19N3O3S. The molecule has 0 N–H and O–H groups in total. The van der Waals surface area contributed by atoms with Crippen LogP contribution in [0.25, 0.3) is 11.4 Å². The van der Waals surface area contributed by atoms with E-state index in [1.54, 1.807) is 30.3 Å². The minimum atomic E-state index is -3.75. The molecular weight excluding hydrogens is 386 g/mol. The highest BCUT2D eigenvalue weighted by Gasteiger charge is 2.27. The molecule has 0 saturated heterocycles. The van der Waals surface area contributed by atoms with E-state index < -0.39 is 10.0 Å². The molecule has 0 radical (unpaired) electrons. The Morgan fingerprint density at radius 3 is 2.00 bits per heavy atom. The number of aromatic nitrogens is 2. The average molecular weight is 405 g/mol. The van der Waals surface area contributed by atoms with Gasteiger partial charge in [0.05, 0.1) is 11.4 Å². The SMILES string of the molecule is O=S(=O)(c1ccccc1)N(Cc1ccccc1)Cc1nc(-c2ccccc2)no1. The Morgan fingerprint density at radius 1 is 0.759 bits per heavy atom. The summed E-state index contributed by atoms with van der Waals surface area (Å²) in [5.74, 6) is 0.664. The van der Waals surface area contributed by atoms with Crippen molar-refractivity contribution in [1.82, 2.24) is 14.4 Å². The maximum absolute atomic E-state index is 13.3. The molecule has 3 aromatic carbocycles. The summed E-state index contributed by atoms with van der Waals surface area (Å²) in [7, 11) is -3.75. The Bertz CT molecular complexity index is 1160. The highest BCUT2D eigenvalue weighted by Crippen LogP contribution is 2.22. The van der Waals surface area contributed by atoms with Gasteiger partial charge < -0.3 is 4.52 Å². The van der Waals surface area contributed by atoms with Gasteiger partial charge >= 0.3 is 0 Å². The highest BCUT2D eigenvalue weighted by molar-refractivity contribution is 7.89. The summed E-state index contributed by atoms with van der Waals surface area (Å²) in [6, 6.07) is 27.2. The summed E-state index contributed by atoms with van der Waals surface area (Å²) in [5, 5.41) is 3.99. The zero-order chi connectivity index (χ0) is 20.1. The maximum Gasteiger partial charge on any atom is 0.243 e. The second-order valence-corrected chi connectivity index (χ2v) is 8.39. The molecule has 29 heavy (non-hydrogen) atoms. The molecule has 1 heterocycles. The van der Waals surface area contributed by atoms with Crippen molar-refractivity contribution < 1.29 is 12.9 Å². The van der Waals surface area contributed by atoms with E-state index in [1.165, 1.54) is 4.31 Å². The Kier molecular flexibility index (Phi) is 5.50. The van der Waals surface area contributed by atoms with Crippen molar-refractivity contribution in [2.24, 2.45) is 0 Å². The molecule has 0 aliphatic rings. The van der Waals surface area contributed by atoms with E-state index in [4.69, 9.17) is 4.52 Å². The molecule has 0 spiro atoms. The van der Waals surface area contributed by atoms with Crippen LogP contribution in [0.3, 0.4) is 0 Å². The van der Waals surface area contributed by atoms with Crippen LogP contribution in [0.1, 0.15) is 11.5 Å². The van der Waals surface area contributed by atoms with Crippen LogP contribution < -0.4 is 0 Å². The normalized spacial score (nSPS) is 11.6. The van der Waals surface area contributed by atoms with E-state index in [-0.39, 0.29) is 23.9 Å². The molecule has 0 aliphatic carbocycles. The summed E-state index contributed by atoms with van der Waals surface area (Å²) in [6.07, 6.45) is 0. The monoisotopic (exact) mass is 405 g/mol. The third-order valence-electron chi connectivity index (χ3n) is 4.39. The first-order valence-corrected chi connectivity index (χ1v) is 10.5. The van der Waals surface area contributed by atoms with Gasteiger partial charge in [0.15, 0.2) is 0 Å². The second kappa shape index (κ2) is 8.38. The zero-order valence-corrected chi connectivity index (χ0v) is 16.4. The number of rotatable bonds is 7. The molecule has 1 aromatic heterocycles. The summed E-state index contributed by atoms with van der Waals surface area (Å²) >= 11 is 0. The lowest BCUT2D eigenvalue weighted by atomic mass is 10.2. The van der Waals surface area contributed by atoms with E-state index in [0.29, 0.717) is 5.82 Å². The van der Waals surface area contributed by atoms with E-state index in [2.05, 4.69) is 10.1 Å². The summed E-state index contributed by atoms with van der Waals surface area (Å²) in [4.78, 5) is 4.61. The number of nitrogens with zero attached hydrogens (tertiary/aromatic N) is 3. The smallest absolute Gasteiger partial charge is 0.243 e. The molecule has 4 aromatic rings. The lowest BCUT2D eigenvalue weighted by molar-refractivity contribution is 0.312. The topological polar surface area (TPSA) is 76.3 Å². The molecule has 0 bridgehead atoms. The minimum Gasteiger partial charge on any atom is -0.338 e. The molecule has 146 valence electrons. The molecule has 0 saturated carbocycles. The molecule has 0 fully saturated rings. The van der Waals surface area contributed by atoms with Crippen molar-refractivity contribution in [3.63, 3.8) is 0 Å². The summed E-state index contributed by atoms with van der Waals surface area (Å²) < 4.78 is 33.2. The van der Waals surface area contributed by atoms with Gasteiger partial charge in [0.25, 0.3) is 0 Å². The van der Waals surface area contributed by atoms with Crippen LogP contribution >= 0.6 is 0 Å². The fraction of sp³-hybridized carbons (Fsp3) is 0.0909. The lowest BCUT2D eigenvalue weighted by Crippen LogP contribution is -2.30. The summed E-state index contributed by atoms with van der Waals surface area (Å²) in [5.41, 5.74) is 1.68. The van der Waals surface area contributed by atoms with Crippen LogP contribution in [0.2, 0.25) is 0 Å². The first kappa shape index (κ1) is 19.0. The maximum atomic E-state index is 13.3. The molecule has 0 atom stereocenters. The first-order chi connectivity index (χ1) is 14.1. The van der Waals surface area contributed by atoms with Gasteiger partial charge in [-0.3, -0.25) is 0 Å². The quantitative estimate of drug-likeness (QED) is 0.462. The van der Waals surface area contributed by atoms with Crippen LogP contribution in [0.15, 0.2) is 100 Å². The molecule has 0 unspecified atom stereocenters. The van der Waals surface area contributed by atoms with E-state index in [0.717, 1.165) is 11.1 Å². The first-order valence-electron chi connectivity index (χ1n) is 9.10. The van der Waals surface area contributed by atoms with Gasteiger partial charge in [-0.1, -0.05) is 84.0 Å². The Hall–Kier alpha value is -3.29. The average Bonchev–Trinajstić information content (AvgIpc) is 3.24. The largest absolute Gasteiger partial charge is 0.338 e. The van der Waals surface area contributed by atoms with Gasteiger partial charge in [-0.2, -0.15) is 9.29 Å². The van der Waals surface area contributed by atoms with Crippen LogP contribution in [0, 0.1) is 0 Å². The molecule has 7 heteroatoms. The van der Waals surface area contributed by atoms with Crippen LogP contribution in [0.4, 0.5) is 0 Å². The van der Waals surface area contributed by atoms with Gasteiger partial charge in [0.2, 0.25) is 21.7 Å². The molecule has 0 amide bonds. The molecule has 6 nitrogen and oxygen atoms in total. The number of hydrogen-bond acceptors (Lipinski definition) is 5. The van der Waals surface area contributed by atoms with E-state index >= 15 is 0 Å². The predicted octanol–water partition coefficient (Wildman–Crippen LogP) is 4.13. The summed E-state index contributed by atoms with van der Waals surface area (Å²) in [6.45, 7) is 0.174. The minimum absolute atomic E-state index is 0.0219. The zero-order valence-electron chi connectivity index (χ0n) is 15.5. The molecule has 0 aliphatic heterocycles. The third-order valence-corrected chi connectivity index (χ3v) is 6.20. The van der Waals surface area contributed by atoms with Crippen molar-refractivity contribution in [1.29, 1.82) is 0 Å². The van der Waals surface area contributed by atoms with Crippen molar-refractivity contribution >= 4 is 10.0 Å². The van der Waals surface area contributed by atoms with Crippen molar-refractivity contribution in [2.75, 3.05) is 0 Å². The Morgan fingerprint density at radius 2 is 1.34 bits per heavy atom. The number of benzene rings is 3. The van der Waals surface area contributed by atoms with Crippen LogP contribution in [-0.4, -0.2) is 22.9 Å². The fourth-order valence-electron chi connectivity index (χ4n) is 2.93. The van der Waals surface area contributed by atoms with Crippen LogP contribution in [0.5, 0.6) is 0 Å². The number of hydrogen-bond donors (Lipinski definition) is 0. The van der Waals surface area contributed by atoms with Crippen molar-refractivity contribution in [3.8, 4) is 11.4 Å². The van der Waals surface area contributed by atoms with Gasteiger partial charge in [0, 0.05) is 12.1 Å². The van der Waals surface area contributed by atoms with Crippen LogP contribution in [-0.2, 0) is 23.1 Å². The Balaban J connectivity index is 1.65. The van der Waals surface area contributed by atoms with E-state index in [1.807, 2.05) is 60.7 Å². The Labute approximate surface area is 169 Å². The van der Waals surface area contributed by atoms with Gasteiger partial charge in [0.1, 0.15) is 0 Å². The highest BCUT2D eigenvalue weighted by atomic mass is 32.2. The predicted molar refractivity (Wildman–Crippen MR) is 109 cm³/mol. The molecule has 4 rings (SSSR count). The second-order valence-electron chi connectivity index (χ2n) is 6.45. The van der Waals surface area contributed by atoms with Crippen molar-refractivity contribution in [2.45, 2.75) is 18.0 Å². The van der Waals surface area contributed by atoms with Crippen molar-refractivity contribution in [3.05, 3.63) is 102 Å². The fourth-order valence-corrected chi connectivity index (χ4v) is 4.33.